The lowest BCUT2D eigenvalue weighted by molar-refractivity contribution is -0.121. The van der Waals surface area contributed by atoms with Gasteiger partial charge >= 0.3 is 0 Å². The Morgan fingerprint density at radius 1 is 0.964 bits per heavy atom. The fraction of sp³-hybridized carbons (Fsp3) is 0.167. The van der Waals surface area contributed by atoms with Gasteiger partial charge in [0.05, 0.1) is 0 Å². The highest BCUT2D eigenvalue weighted by Gasteiger charge is 2.21. The lowest BCUT2D eigenvalue weighted by atomic mass is 9.88. The summed E-state index contributed by atoms with van der Waals surface area (Å²) in [5, 5.41) is 4.22. The van der Waals surface area contributed by atoms with Gasteiger partial charge in [-0.3, -0.25) is 9.78 Å². The Morgan fingerprint density at radius 3 is 2.57 bits per heavy atom. The van der Waals surface area contributed by atoms with Gasteiger partial charge in [-0.1, -0.05) is 54.6 Å². The second-order valence-corrected chi connectivity index (χ2v) is 6.88. The Balaban J connectivity index is 1.51. The molecule has 0 radical (unpaired) electrons. The Morgan fingerprint density at radius 2 is 1.75 bits per heavy atom. The summed E-state index contributed by atoms with van der Waals surface area (Å²) in [6.07, 6.45) is 4.95. The molecule has 1 atom stereocenters. The van der Waals surface area contributed by atoms with Crippen molar-refractivity contribution in [2.75, 3.05) is 6.54 Å². The number of hydrogen-bond acceptors (Lipinski definition) is 2. The normalized spacial score (nSPS) is 12.0. The number of nitrogens with one attached hydrogen (secondary N) is 2. The first-order valence-electron chi connectivity index (χ1n) is 9.59. The van der Waals surface area contributed by atoms with Crippen LogP contribution >= 0.6 is 0 Å². The molecule has 140 valence electrons. The summed E-state index contributed by atoms with van der Waals surface area (Å²) in [5.74, 6) is 0.0577. The second kappa shape index (κ2) is 8.53. The van der Waals surface area contributed by atoms with Crippen LogP contribution in [0.3, 0.4) is 0 Å². The van der Waals surface area contributed by atoms with E-state index < -0.39 is 0 Å². The minimum atomic E-state index is 0.00667. The molecule has 4 heteroatoms. The number of pyridine rings is 1. The van der Waals surface area contributed by atoms with Gasteiger partial charge in [0.1, 0.15) is 0 Å². The first kappa shape index (κ1) is 18.0. The van der Waals surface area contributed by atoms with Crippen LogP contribution in [-0.2, 0) is 11.2 Å². The Bertz CT molecular complexity index is 1040. The standard InChI is InChI=1S/C24H23N3O/c28-24(26-15-13-19-10-6-7-14-25-19)16-21(18-8-2-1-3-9-18)22-17-27-23-12-5-4-11-20(22)23/h1-12,14,17,21,27H,13,15-16H2,(H,26,28). The van der Waals surface area contributed by atoms with Gasteiger partial charge in [-0.05, 0) is 29.3 Å². The number of H-pyrrole nitrogens is 1. The van der Waals surface area contributed by atoms with E-state index in [1.165, 1.54) is 0 Å². The van der Waals surface area contributed by atoms with Crippen molar-refractivity contribution >= 4 is 16.8 Å². The van der Waals surface area contributed by atoms with E-state index in [0.29, 0.717) is 13.0 Å². The van der Waals surface area contributed by atoms with Crippen molar-refractivity contribution in [2.24, 2.45) is 0 Å². The molecular formula is C24H23N3O. The van der Waals surface area contributed by atoms with Crippen LogP contribution in [0, 0.1) is 0 Å². The summed E-state index contributed by atoms with van der Waals surface area (Å²) < 4.78 is 0. The predicted octanol–water partition coefficient (Wildman–Crippen LogP) is 4.44. The van der Waals surface area contributed by atoms with Gasteiger partial charge in [0.15, 0.2) is 0 Å². The fourth-order valence-corrected chi connectivity index (χ4v) is 3.61. The highest BCUT2D eigenvalue weighted by molar-refractivity contribution is 5.86. The van der Waals surface area contributed by atoms with Crippen molar-refractivity contribution in [3.8, 4) is 0 Å². The maximum Gasteiger partial charge on any atom is 0.220 e. The number of hydrogen-bond donors (Lipinski definition) is 2. The van der Waals surface area contributed by atoms with E-state index in [2.05, 4.69) is 39.6 Å². The average Bonchev–Trinajstić information content (AvgIpc) is 3.17. The zero-order valence-electron chi connectivity index (χ0n) is 15.6. The van der Waals surface area contributed by atoms with Crippen LogP contribution in [0.4, 0.5) is 0 Å². The molecular weight excluding hydrogens is 346 g/mol. The SMILES string of the molecule is O=C(CC(c1ccccc1)c1c[nH]c2ccccc12)NCCc1ccccn1. The molecule has 1 unspecified atom stereocenters. The number of aromatic nitrogens is 2. The molecule has 2 aromatic carbocycles. The van der Waals surface area contributed by atoms with Crippen molar-refractivity contribution < 1.29 is 4.79 Å². The largest absolute Gasteiger partial charge is 0.361 e. The highest BCUT2D eigenvalue weighted by Crippen LogP contribution is 2.33. The minimum absolute atomic E-state index is 0.00667. The quantitative estimate of drug-likeness (QED) is 0.506. The number of carbonyl (C=O) groups excluding carboxylic acids is 1. The molecule has 0 fully saturated rings. The molecule has 0 aliphatic carbocycles. The number of carbonyl (C=O) groups is 1. The molecule has 4 rings (SSSR count). The average molecular weight is 369 g/mol. The van der Waals surface area contributed by atoms with Gasteiger partial charge in [-0.2, -0.15) is 0 Å². The van der Waals surface area contributed by atoms with Gasteiger partial charge in [0.2, 0.25) is 5.91 Å². The van der Waals surface area contributed by atoms with Crippen LogP contribution in [0.5, 0.6) is 0 Å². The van der Waals surface area contributed by atoms with Crippen LogP contribution < -0.4 is 5.32 Å². The molecule has 0 saturated heterocycles. The van der Waals surface area contributed by atoms with Crippen LogP contribution in [0.15, 0.2) is 85.2 Å². The molecule has 0 aliphatic heterocycles. The monoisotopic (exact) mass is 369 g/mol. The van der Waals surface area contributed by atoms with Crippen LogP contribution in [0.25, 0.3) is 10.9 Å². The van der Waals surface area contributed by atoms with E-state index in [9.17, 15) is 4.79 Å². The number of nitrogens with zero attached hydrogens (tertiary/aromatic N) is 1. The van der Waals surface area contributed by atoms with Crippen molar-refractivity contribution in [3.05, 3.63) is 102 Å². The molecule has 0 bridgehead atoms. The number of aromatic amines is 1. The van der Waals surface area contributed by atoms with E-state index in [1.54, 1.807) is 6.20 Å². The second-order valence-electron chi connectivity index (χ2n) is 6.88. The minimum Gasteiger partial charge on any atom is -0.361 e. The van der Waals surface area contributed by atoms with E-state index in [-0.39, 0.29) is 11.8 Å². The summed E-state index contributed by atoms with van der Waals surface area (Å²) in [4.78, 5) is 20.3. The number of para-hydroxylation sites is 1. The number of benzene rings is 2. The van der Waals surface area contributed by atoms with Crippen LogP contribution in [0.2, 0.25) is 0 Å². The van der Waals surface area contributed by atoms with Gasteiger partial charge in [0, 0.05) is 54.3 Å². The van der Waals surface area contributed by atoms with Crippen molar-refractivity contribution in [3.63, 3.8) is 0 Å². The smallest absolute Gasteiger partial charge is 0.220 e. The van der Waals surface area contributed by atoms with E-state index >= 15 is 0 Å². The Kier molecular flexibility index (Phi) is 5.48. The summed E-state index contributed by atoms with van der Waals surface area (Å²) >= 11 is 0. The molecule has 2 N–H and O–H groups in total. The highest BCUT2D eigenvalue weighted by atomic mass is 16.1. The maximum absolute atomic E-state index is 12.7. The predicted molar refractivity (Wildman–Crippen MR) is 112 cm³/mol. The molecule has 28 heavy (non-hydrogen) atoms. The molecule has 0 saturated carbocycles. The Labute approximate surface area is 164 Å². The Hall–Kier alpha value is -3.40. The van der Waals surface area contributed by atoms with Crippen molar-refractivity contribution in [1.82, 2.24) is 15.3 Å². The van der Waals surface area contributed by atoms with Gasteiger partial charge in [-0.15, -0.1) is 0 Å². The molecule has 2 heterocycles. The first-order chi connectivity index (χ1) is 13.8. The van der Waals surface area contributed by atoms with Crippen LogP contribution in [-0.4, -0.2) is 22.4 Å². The van der Waals surface area contributed by atoms with E-state index in [0.717, 1.165) is 34.1 Å². The van der Waals surface area contributed by atoms with Gasteiger partial charge in [0.25, 0.3) is 0 Å². The molecule has 4 aromatic rings. The number of amides is 1. The van der Waals surface area contributed by atoms with Crippen molar-refractivity contribution in [2.45, 2.75) is 18.8 Å². The van der Waals surface area contributed by atoms with E-state index in [4.69, 9.17) is 0 Å². The lowest BCUT2D eigenvalue weighted by Crippen LogP contribution is -2.27. The van der Waals surface area contributed by atoms with Gasteiger partial charge < -0.3 is 10.3 Å². The first-order valence-corrected chi connectivity index (χ1v) is 9.59. The van der Waals surface area contributed by atoms with Crippen LogP contribution in [0.1, 0.15) is 29.2 Å². The fourth-order valence-electron chi connectivity index (χ4n) is 3.61. The molecule has 2 aromatic heterocycles. The lowest BCUT2D eigenvalue weighted by Gasteiger charge is -2.17. The zero-order chi connectivity index (χ0) is 19.2. The molecule has 4 nitrogen and oxygen atoms in total. The molecule has 0 spiro atoms. The summed E-state index contributed by atoms with van der Waals surface area (Å²) in [5.41, 5.74) is 4.38. The molecule has 1 amide bonds. The third-order valence-corrected chi connectivity index (χ3v) is 5.02. The van der Waals surface area contributed by atoms with Gasteiger partial charge in [-0.25, -0.2) is 0 Å². The third kappa shape index (κ3) is 4.12. The van der Waals surface area contributed by atoms with Crippen molar-refractivity contribution in [1.29, 1.82) is 0 Å². The van der Waals surface area contributed by atoms with E-state index in [1.807, 2.05) is 54.7 Å². The topological polar surface area (TPSA) is 57.8 Å². The zero-order valence-corrected chi connectivity index (χ0v) is 15.6. The third-order valence-electron chi connectivity index (χ3n) is 5.02. The summed E-state index contributed by atoms with van der Waals surface area (Å²) in [7, 11) is 0. The summed E-state index contributed by atoms with van der Waals surface area (Å²) in [6.45, 7) is 0.589. The number of rotatable bonds is 7. The number of fused-ring (bicyclic) bond motifs is 1. The summed E-state index contributed by atoms with van der Waals surface area (Å²) in [6, 6.07) is 24.3. The maximum atomic E-state index is 12.7. The molecule has 0 aliphatic rings.